The van der Waals surface area contributed by atoms with Gasteiger partial charge in [0.1, 0.15) is 0 Å². The third kappa shape index (κ3) is 5.77. The van der Waals surface area contributed by atoms with Crippen molar-refractivity contribution in [3.05, 3.63) is 47.5 Å². The number of anilines is 2. The highest BCUT2D eigenvalue weighted by atomic mass is 32.2. The predicted molar refractivity (Wildman–Crippen MR) is 122 cm³/mol. The molecule has 0 atom stereocenters. The van der Waals surface area contributed by atoms with E-state index < -0.39 is 10.1 Å². The van der Waals surface area contributed by atoms with E-state index in [9.17, 15) is 13.0 Å². The van der Waals surface area contributed by atoms with Crippen molar-refractivity contribution in [2.24, 2.45) is 0 Å². The van der Waals surface area contributed by atoms with E-state index >= 15 is 0 Å². The fourth-order valence-corrected chi connectivity index (χ4v) is 5.42. The first-order valence-corrected chi connectivity index (χ1v) is 13.0. The molecule has 158 valence electrons. The standard InChI is InChI=1S/C23H31NO3S2/c1-3-5-9-18-13-14-21-20(17-18)24(15-8-16-29(25,26)27)23-19(10-6-4-2)11-7-12-22(23)28-21/h7,11-14,17H,3-6,8-10,15-16H2,1-2H3,(H,25,26,27). The highest BCUT2D eigenvalue weighted by Gasteiger charge is 2.26. The van der Waals surface area contributed by atoms with Gasteiger partial charge in [0.25, 0.3) is 10.1 Å². The second kappa shape index (κ2) is 10.0. The van der Waals surface area contributed by atoms with Gasteiger partial charge in [0, 0.05) is 16.3 Å². The minimum absolute atomic E-state index is 0.214. The molecule has 0 saturated heterocycles. The number of nitrogens with zero attached hydrogens (tertiary/aromatic N) is 1. The topological polar surface area (TPSA) is 57.6 Å². The number of hydrogen-bond donors (Lipinski definition) is 1. The van der Waals surface area contributed by atoms with Crippen LogP contribution in [0.15, 0.2) is 46.2 Å². The fourth-order valence-electron chi connectivity index (χ4n) is 3.80. The first-order valence-electron chi connectivity index (χ1n) is 10.6. The van der Waals surface area contributed by atoms with E-state index in [4.69, 9.17) is 0 Å². The highest BCUT2D eigenvalue weighted by Crippen LogP contribution is 2.50. The number of hydrogen-bond acceptors (Lipinski definition) is 4. The number of aryl methyl sites for hydroxylation is 2. The summed E-state index contributed by atoms with van der Waals surface area (Å²) >= 11 is 1.80. The lowest BCUT2D eigenvalue weighted by Gasteiger charge is -2.35. The quantitative estimate of drug-likeness (QED) is 0.449. The molecule has 1 heterocycles. The van der Waals surface area contributed by atoms with Gasteiger partial charge in [-0.05, 0) is 61.4 Å². The van der Waals surface area contributed by atoms with Crippen molar-refractivity contribution in [3.63, 3.8) is 0 Å². The molecule has 2 aromatic rings. The Morgan fingerprint density at radius 3 is 2.45 bits per heavy atom. The second-order valence-corrected chi connectivity index (χ2v) is 10.3. The first-order chi connectivity index (χ1) is 13.9. The first kappa shape index (κ1) is 22.2. The SMILES string of the molecule is CCCCc1ccc2c(c1)N(CCCS(=O)(=O)O)c1c(CCCC)cccc1S2. The summed E-state index contributed by atoms with van der Waals surface area (Å²) in [6, 6.07) is 13.1. The Morgan fingerprint density at radius 2 is 1.72 bits per heavy atom. The van der Waals surface area contributed by atoms with Gasteiger partial charge < -0.3 is 4.90 Å². The molecule has 6 heteroatoms. The summed E-state index contributed by atoms with van der Waals surface area (Å²) < 4.78 is 31.8. The van der Waals surface area contributed by atoms with Gasteiger partial charge in [-0.15, -0.1) is 0 Å². The molecule has 0 aromatic heterocycles. The number of rotatable bonds is 10. The fraction of sp³-hybridized carbons (Fsp3) is 0.478. The Morgan fingerprint density at radius 1 is 0.966 bits per heavy atom. The molecule has 0 aliphatic carbocycles. The van der Waals surface area contributed by atoms with Gasteiger partial charge in [0.2, 0.25) is 0 Å². The molecule has 0 radical (unpaired) electrons. The van der Waals surface area contributed by atoms with Crippen LogP contribution in [0.4, 0.5) is 11.4 Å². The largest absolute Gasteiger partial charge is 0.339 e. The molecule has 1 N–H and O–H groups in total. The number of benzene rings is 2. The van der Waals surface area contributed by atoms with Gasteiger partial charge in [-0.1, -0.05) is 56.7 Å². The van der Waals surface area contributed by atoms with Gasteiger partial charge in [0.05, 0.1) is 17.1 Å². The molecule has 1 aliphatic heterocycles. The number of unbranched alkanes of at least 4 members (excludes halogenated alkanes) is 2. The minimum atomic E-state index is -3.96. The Balaban J connectivity index is 1.99. The average molecular weight is 434 g/mol. The summed E-state index contributed by atoms with van der Waals surface area (Å²) in [7, 11) is -3.96. The van der Waals surface area contributed by atoms with Crippen LogP contribution < -0.4 is 4.90 Å². The van der Waals surface area contributed by atoms with Crippen LogP contribution in [0.3, 0.4) is 0 Å². The number of para-hydroxylation sites is 1. The van der Waals surface area contributed by atoms with E-state index in [1.165, 1.54) is 26.6 Å². The Bertz CT molecular complexity index is 941. The van der Waals surface area contributed by atoms with Crippen molar-refractivity contribution in [2.45, 2.75) is 68.6 Å². The van der Waals surface area contributed by atoms with Crippen LogP contribution in [0.1, 0.15) is 57.1 Å². The lowest BCUT2D eigenvalue weighted by Crippen LogP contribution is -2.25. The van der Waals surface area contributed by atoms with Gasteiger partial charge >= 0.3 is 0 Å². The molecule has 0 unspecified atom stereocenters. The van der Waals surface area contributed by atoms with Crippen LogP contribution in [0.5, 0.6) is 0 Å². The van der Waals surface area contributed by atoms with Crippen molar-refractivity contribution in [1.82, 2.24) is 0 Å². The zero-order valence-corrected chi connectivity index (χ0v) is 19.0. The van der Waals surface area contributed by atoms with Crippen LogP contribution in [0.25, 0.3) is 0 Å². The van der Waals surface area contributed by atoms with E-state index in [-0.39, 0.29) is 5.75 Å². The van der Waals surface area contributed by atoms with Gasteiger partial charge in [-0.25, -0.2) is 0 Å². The Labute approximate surface area is 179 Å². The third-order valence-corrected chi connectivity index (χ3v) is 7.21. The molecule has 29 heavy (non-hydrogen) atoms. The molecule has 0 amide bonds. The minimum Gasteiger partial charge on any atom is -0.339 e. The van der Waals surface area contributed by atoms with Crippen LogP contribution in [0.2, 0.25) is 0 Å². The average Bonchev–Trinajstić information content (AvgIpc) is 2.69. The number of fused-ring (bicyclic) bond motifs is 2. The van der Waals surface area contributed by atoms with Crippen molar-refractivity contribution in [2.75, 3.05) is 17.2 Å². The maximum Gasteiger partial charge on any atom is 0.264 e. The molecule has 0 spiro atoms. The maximum absolute atomic E-state index is 11.3. The van der Waals surface area contributed by atoms with Gasteiger partial charge in [0.15, 0.2) is 0 Å². The molecule has 0 saturated carbocycles. The van der Waals surface area contributed by atoms with E-state index in [0.29, 0.717) is 13.0 Å². The summed E-state index contributed by atoms with van der Waals surface area (Å²) in [4.78, 5) is 4.71. The van der Waals surface area contributed by atoms with Crippen molar-refractivity contribution in [3.8, 4) is 0 Å². The Kier molecular flexibility index (Phi) is 7.66. The lowest BCUT2D eigenvalue weighted by atomic mass is 10.0. The predicted octanol–water partition coefficient (Wildman–Crippen LogP) is 6.25. The van der Waals surface area contributed by atoms with Crippen LogP contribution in [-0.2, 0) is 23.0 Å². The van der Waals surface area contributed by atoms with Crippen molar-refractivity contribution in [1.29, 1.82) is 0 Å². The summed E-state index contributed by atoms with van der Waals surface area (Å²) in [5.41, 5.74) is 5.01. The van der Waals surface area contributed by atoms with Gasteiger partial charge in [-0.2, -0.15) is 8.42 Å². The van der Waals surface area contributed by atoms with Crippen molar-refractivity contribution >= 4 is 33.3 Å². The molecule has 1 aliphatic rings. The van der Waals surface area contributed by atoms with E-state index in [1.807, 2.05) is 0 Å². The highest BCUT2D eigenvalue weighted by molar-refractivity contribution is 7.99. The molecular formula is C23H31NO3S2. The monoisotopic (exact) mass is 433 g/mol. The second-order valence-electron chi connectivity index (χ2n) is 7.67. The van der Waals surface area contributed by atoms with Crippen LogP contribution in [-0.4, -0.2) is 25.3 Å². The van der Waals surface area contributed by atoms with Crippen molar-refractivity contribution < 1.29 is 13.0 Å². The van der Waals surface area contributed by atoms with E-state index in [0.717, 1.165) is 44.2 Å². The Hall–Kier alpha value is -1.50. The zero-order valence-electron chi connectivity index (χ0n) is 17.4. The van der Waals surface area contributed by atoms with Gasteiger partial charge in [-0.3, -0.25) is 4.55 Å². The van der Waals surface area contributed by atoms with Crippen LogP contribution in [0, 0.1) is 0 Å². The van der Waals surface area contributed by atoms with Crippen LogP contribution >= 0.6 is 11.8 Å². The molecule has 0 bridgehead atoms. The molecule has 4 nitrogen and oxygen atoms in total. The smallest absolute Gasteiger partial charge is 0.264 e. The lowest BCUT2D eigenvalue weighted by molar-refractivity contribution is 0.481. The summed E-state index contributed by atoms with van der Waals surface area (Å²) in [6.45, 7) is 4.97. The molecular weight excluding hydrogens is 402 g/mol. The summed E-state index contributed by atoms with van der Waals surface area (Å²) in [5, 5.41) is 0. The molecule has 0 fully saturated rings. The normalized spacial score (nSPS) is 13.3. The summed E-state index contributed by atoms with van der Waals surface area (Å²) in [5.74, 6) is -0.214. The molecule has 3 rings (SSSR count). The van der Waals surface area contributed by atoms with E-state index in [2.05, 4.69) is 55.1 Å². The zero-order chi connectivity index (χ0) is 20.9. The molecule has 2 aromatic carbocycles. The summed E-state index contributed by atoms with van der Waals surface area (Å²) in [6.07, 6.45) is 7.04. The third-order valence-electron chi connectivity index (χ3n) is 5.29. The van der Waals surface area contributed by atoms with E-state index in [1.54, 1.807) is 11.8 Å². The maximum atomic E-state index is 11.3.